The summed E-state index contributed by atoms with van der Waals surface area (Å²) in [6.45, 7) is 6.58. The molecule has 0 fully saturated rings. The quantitative estimate of drug-likeness (QED) is 0.0261. The molecule has 0 aromatic rings. The maximum absolute atomic E-state index is 12.9. The molecular formula is C73H134O6. The molecule has 0 amide bonds. The number of carbonyl (C=O) groups is 3. The van der Waals surface area contributed by atoms with E-state index in [0.29, 0.717) is 19.3 Å². The minimum absolute atomic E-state index is 0.0651. The molecule has 0 saturated carbocycles. The van der Waals surface area contributed by atoms with E-state index in [1.54, 1.807) is 0 Å². The molecule has 79 heavy (non-hydrogen) atoms. The number of rotatable bonds is 65. The first-order valence-electron chi connectivity index (χ1n) is 35.1. The van der Waals surface area contributed by atoms with Crippen molar-refractivity contribution >= 4 is 17.9 Å². The summed E-state index contributed by atoms with van der Waals surface area (Å²) in [7, 11) is 0. The van der Waals surface area contributed by atoms with Crippen LogP contribution >= 0.6 is 0 Å². The van der Waals surface area contributed by atoms with Crippen LogP contribution in [0.5, 0.6) is 0 Å². The summed E-state index contributed by atoms with van der Waals surface area (Å²) >= 11 is 0. The molecule has 0 saturated heterocycles. The lowest BCUT2D eigenvalue weighted by Crippen LogP contribution is -2.30. The predicted molar refractivity (Wildman–Crippen MR) is 344 cm³/mol. The van der Waals surface area contributed by atoms with Crippen LogP contribution in [0.3, 0.4) is 0 Å². The molecule has 1 atom stereocenters. The molecule has 462 valence electrons. The molecule has 0 aromatic carbocycles. The lowest BCUT2D eigenvalue weighted by Gasteiger charge is -2.18. The van der Waals surface area contributed by atoms with Crippen LogP contribution in [-0.4, -0.2) is 37.2 Å². The minimum atomic E-state index is -0.766. The van der Waals surface area contributed by atoms with E-state index in [9.17, 15) is 14.4 Å². The summed E-state index contributed by atoms with van der Waals surface area (Å²) in [5.41, 5.74) is 0. The molecule has 0 aromatic heterocycles. The lowest BCUT2D eigenvalue weighted by atomic mass is 10.0. The van der Waals surface area contributed by atoms with Crippen LogP contribution in [0.25, 0.3) is 0 Å². The van der Waals surface area contributed by atoms with Crippen molar-refractivity contribution in [2.45, 2.75) is 386 Å². The van der Waals surface area contributed by atoms with E-state index in [1.165, 1.54) is 257 Å². The third-order valence-corrected chi connectivity index (χ3v) is 15.8. The molecule has 0 heterocycles. The maximum Gasteiger partial charge on any atom is 0.306 e. The van der Waals surface area contributed by atoms with E-state index in [4.69, 9.17) is 14.2 Å². The largest absolute Gasteiger partial charge is 0.462 e. The number of hydrogen-bond acceptors (Lipinski definition) is 6. The average Bonchev–Trinajstić information content (AvgIpc) is 3.45. The third kappa shape index (κ3) is 66.1. The normalized spacial score (nSPS) is 12.3. The number of esters is 3. The Morgan fingerprint density at radius 3 is 0.772 bits per heavy atom. The van der Waals surface area contributed by atoms with Crippen molar-refractivity contribution in [3.05, 3.63) is 48.6 Å². The summed E-state index contributed by atoms with van der Waals surface area (Å²) < 4.78 is 16.9. The van der Waals surface area contributed by atoms with Crippen LogP contribution in [0.2, 0.25) is 0 Å². The second-order valence-corrected chi connectivity index (χ2v) is 23.8. The van der Waals surface area contributed by atoms with Gasteiger partial charge in [-0.25, -0.2) is 0 Å². The van der Waals surface area contributed by atoms with E-state index in [-0.39, 0.29) is 31.1 Å². The Labute approximate surface area is 492 Å². The summed E-state index contributed by atoms with van der Waals surface area (Å²) in [6.07, 6.45) is 85.9. The van der Waals surface area contributed by atoms with Crippen molar-refractivity contribution in [3.8, 4) is 0 Å². The van der Waals surface area contributed by atoms with Gasteiger partial charge in [-0.2, -0.15) is 0 Å². The predicted octanol–water partition coefficient (Wildman–Crippen LogP) is 24.1. The van der Waals surface area contributed by atoms with E-state index in [0.717, 1.165) is 83.5 Å². The molecule has 0 radical (unpaired) electrons. The summed E-state index contributed by atoms with van der Waals surface area (Å²) in [5, 5.41) is 0. The van der Waals surface area contributed by atoms with E-state index in [1.807, 2.05) is 0 Å². The van der Waals surface area contributed by atoms with Gasteiger partial charge in [0.15, 0.2) is 6.10 Å². The van der Waals surface area contributed by atoms with E-state index in [2.05, 4.69) is 69.4 Å². The third-order valence-electron chi connectivity index (χ3n) is 15.8. The lowest BCUT2D eigenvalue weighted by molar-refractivity contribution is -0.167. The van der Waals surface area contributed by atoms with Gasteiger partial charge in [-0.15, -0.1) is 0 Å². The molecular weight excluding hydrogens is 973 g/mol. The monoisotopic (exact) mass is 1110 g/mol. The Morgan fingerprint density at radius 1 is 0.266 bits per heavy atom. The topological polar surface area (TPSA) is 78.9 Å². The standard InChI is InChI=1S/C73H134O6/c1-4-7-10-13-16-19-21-23-25-27-29-30-31-32-33-34-35-36-37-38-39-40-41-42-44-45-47-49-51-54-57-60-63-66-72(75)78-69-70(68-77-71(74)65-62-59-56-53-18-15-12-9-6-3)79-73(76)67-64-61-58-55-52-50-48-46-43-28-26-24-22-20-17-14-11-8-5-2/h7,10,16,19,23,25,29-30,70H,4-6,8-9,11-15,17-18,20-22,24,26-28,31-69H2,1-3H3/b10-7-,19-16-,25-23-,30-29-. The molecule has 6 heteroatoms. The highest BCUT2D eigenvalue weighted by Gasteiger charge is 2.19. The molecule has 0 rings (SSSR count). The van der Waals surface area contributed by atoms with Gasteiger partial charge in [-0.3, -0.25) is 14.4 Å². The van der Waals surface area contributed by atoms with Crippen molar-refractivity contribution in [2.75, 3.05) is 13.2 Å². The van der Waals surface area contributed by atoms with Gasteiger partial charge in [-0.05, 0) is 57.8 Å². The number of ether oxygens (including phenoxy) is 3. The molecule has 0 N–H and O–H groups in total. The Kier molecular flexibility index (Phi) is 65.6. The van der Waals surface area contributed by atoms with Crippen molar-refractivity contribution < 1.29 is 28.6 Å². The Bertz CT molecular complexity index is 1360. The molecule has 0 aliphatic heterocycles. The highest BCUT2D eigenvalue weighted by molar-refractivity contribution is 5.71. The molecule has 0 spiro atoms. The van der Waals surface area contributed by atoms with Crippen LogP contribution in [0.15, 0.2) is 48.6 Å². The number of allylic oxidation sites excluding steroid dienone is 8. The second-order valence-electron chi connectivity index (χ2n) is 23.8. The van der Waals surface area contributed by atoms with Gasteiger partial charge >= 0.3 is 17.9 Å². The Hall–Kier alpha value is -2.63. The second kappa shape index (κ2) is 67.9. The van der Waals surface area contributed by atoms with Crippen molar-refractivity contribution in [3.63, 3.8) is 0 Å². The van der Waals surface area contributed by atoms with Gasteiger partial charge in [-0.1, -0.05) is 352 Å². The fourth-order valence-corrected chi connectivity index (χ4v) is 10.6. The fourth-order valence-electron chi connectivity index (χ4n) is 10.6. The Morgan fingerprint density at radius 2 is 0.494 bits per heavy atom. The van der Waals surface area contributed by atoms with Crippen LogP contribution in [-0.2, 0) is 28.6 Å². The van der Waals surface area contributed by atoms with Crippen LogP contribution in [0, 0.1) is 0 Å². The Balaban J connectivity index is 4.03. The van der Waals surface area contributed by atoms with Crippen molar-refractivity contribution in [1.29, 1.82) is 0 Å². The number of unbranched alkanes of at least 4 members (excludes halogenated alkanes) is 46. The molecule has 0 bridgehead atoms. The average molecular weight is 1110 g/mol. The first-order chi connectivity index (χ1) is 39.0. The zero-order chi connectivity index (χ0) is 57.1. The molecule has 0 aliphatic rings. The highest BCUT2D eigenvalue weighted by Crippen LogP contribution is 2.19. The molecule has 0 aliphatic carbocycles. The molecule has 6 nitrogen and oxygen atoms in total. The summed E-state index contributed by atoms with van der Waals surface area (Å²) in [6, 6.07) is 0. The highest BCUT2D eigenvalue weighted by atomic mass is 16.6. The summed E-state index contributed by atoms with van der Waals surface area (Å²) in [4.78, 5) is 38.3. The molecule has 1 unspecified atom stereocenters. The van der Waals surface area contributed by atoms with Gasteiger partial charge in [0.25, 0.3) is 0 Å². The van der Waals surface area contributed by atoms with E-state index >= 15 is 0 Å². The van der Waals surface area contributed by atoms with Gasteiger partial charge in [0.05, 0.1) is 0 Å². The zero-order valence-corrected chi connectivity index (χ0v) is 53.2. The maximum atomic E-state index is 12.9. The van der Waals surface area contributed by atoms with E-state index < -0.39 is 6.10 Å². The van der Waals surface area contributed by atoms with Crippen LogP contribution in [0.1, 0.15) is 380 Å². The smallest absolute Gasteiger partial charge is 0.306 e. The van der Waals surface area contributed by atoms with Gasteiger partial charge < -0.3 is 14.2 Å². The SMILES string of the molecule is CC/C=C\C/C=C\C/C=C\C/C=C\CCCCCCCCCCCCCCCCCCCCCCC(=O)OCC(COC(=O)CCCCCCCCCCC)OC(=O)CCCCCCCCCCCCCCCCCCCCC. The minimum Gasteiger partial charge on any atom is -0.462 e. The van der Waals surface area contributed by atoms with Crippen LogP contribution in [0.4, 0.5) is 0 Å². The van der Waals surface area contributed by atoms with Crippen molar-refractivity contribution in [1.82, 2.24) is 0 Å². The van der Waals surface area contributed by atoms with Crippen LogP contribution < -0.4 is 0 Å². The number of carbonyl (C=O) groups excluding carboxylic acids is 3. The fraction of sp³-hybridized carbons (Fsp3) is 0.849. The van der Waals surface area contributed by atoms with Crippen molar-refractivity contribution in [2.24, 2.45) is 0 Å². The first-order valence-corrected chi connectivity index (χ1v) is 35.1. The van der Waals surface area contributed by atoms with Gasteiger partial charge in [0.2, 0.25) is 0 Å². The van der Waals surface area contributed by atoms with Gasteiger partial charge in [0.1, 0.15) is 13.2 Å². The first kappa shape index (κ1) is 76.4. The summed E-state index contributed by atoms with van der Waals surface area (Å²) in [5.74, 6) is -0.839. The number of hydrogen-bond donors (Lipinski definition) is 0. The van der Waals surface area contributed by atoms with Gasteiger partial charge in [0, 0.05) is 19.3 Å². The zero-order valence-electron chi connectivity index (χ0n) is 53.2.